The lowest BCUT2D eigenvalue weighted by Crippen LogP contribution is -2.45. The van der Waals surface area contributed by atoms with Gasteiger partial charge >= 0.3 is 0 Å². The molecule has 0 saturated carbocycles. The topological polar surface area (TPSA) is 71.4 Å². The van der Waals surface area contributed by atoms with Crippen LogP contribution in [0.15, 0.2) is 16.3 Å². The third kappa shape index (κ3) is 2.43. The average molecular weight is 333 g/mol. The number of hydrogen-bond donors (Lipinski definition) is 1. The number of rotatable bonds is 1. The SMILES string of the molecule is CN1CCN(c2nc(N)nc3c4c(oc23)=CC=C(F)CC=4F)CC1. The van der Waals surface area contributed by atoms with Crippen LogP contribution in [0.2, 0.25) is 0 Å². The molecule has 0 amide bonds. The van der Waals surface area contributed by atoms with Crippen molar-refractivity contribution in [3.8, 4) is 0 Å². The summed E-state index contributed by atoms with van der Waals surface area (Å²) in [7, 11) is 2.05. The highest BCUT2D eigenvalue weighted by Gasteiger charge is 2.23. The molecule has 0 aromatic carbocycles. The molecule has 1 saturated heterocycles. The molecule has 0 unspecified atom stereocenters. The minimum absolute atomic E-state index is 0.0468. The van der Waals surface area contributed by atoms with Crippen LogP contribution in [-0.4, -0.2) is 48.1 Å². The summed E-state index contributed by atoms with van der Waals surface area (Å²) in [6.07, 6.45) is 2.22. The normalized spacial score (nSPS) is 19.0. The van der Waals surface area contributed by atoms with E-state index in [4.69, 9.17) is 10.2 Å². The smallest absolute Gasteiger partial charge is 0.222 e. The van der Waals surface area contributed by atoms with Crippen LogP contribution in [-0.2, 0) is 0 Å². The van der Waals surface area contributed by atoms with Crippen LogP contribution in [0.1, 0.15) is 6.42 Å². The van der Waals surface area contributed by atoms with Gasteiger partial charge in [0.15, 0.2) is 11.4 Å². The molecule has 1 fully saturated rings. The number of nitrogens with two attached hydrogens (primary N) is 1. The molecule has 8 heteroatoms. The Labute approximate surface area is 136 Å². The number of fused-ring (bicyclic) bond motifs is 3. The van der Waals surface area contributed by atoms with Crippen molar-refractivity contribution in [2.75, 3.05) is 43.9 Å². The van der Waals surface area contributed by atoms with Gasteiger partial charge in [-0.2, -0.15) is 4.98 Å². The molecule has 1 aliphatic heterocycles. The lowest BCUT2D eigenvalue weighted by atomic mass is 10.2. The first-order valence-corrected chi connectivity index (χ1v) is 7.77. The van der Waals surface area contributed by atoms with Gasteiger partial charge < -0.3 is 20.0 Å². The van der Waals surface area contributed by atoms with E-state index in [-0.39, 0.29) is 16.6 Å². The number of anilines is 2. The fourth-order valence-electron chi connectivity index (χ4n) is 3.07. The van der Waals surface area contributed by atoms with Crippen LogP contribution in [0.5, 0.6) is 0 Å². The Morgan fingerprint density at radius 3 is 2.62 bits per heavy atom. The van der Waals surface area contributed by atoms with E-state index < -0.39 is 18.1 Å². The minimum atomic E-state index is -0.617. The van der Waals surface area contributed by atoms with Gasteiger partial charge in [0.2, 0.25) is 5.95 Å². The lowest BCUT2D eigenvalue weighted by Gasteiger charge is -2.33. The third-order valence-corrected chi connectivity index (χ3v) is 4.37. The standard InChI is InChI=1S/C16H17F2N5O/c1-22-4-6-23(7-5-22)15-14-13(20-16(19)21-15)12-10(18)8-9(17)2-3-11(12)24-14/h2-3H,4-8H2,1H3,(H2,19,20,21). The highest BCUT2D eigenvalue weighted by Crippen LogP contribution is 2.25. The van der Waals surface area contributed by atoms with Gasteiger partial charge in [-0.05, 0) is 19.2 Å². The molecule has 2 N–H and O–H groups in total. The number of halogens is 2. The molecule has 2 aliphatic rings. The molecule has 24 heavy (non-hydrogen) atoms. The van der Waals surface area contributed by atoms with Crippen molar-refractivity contribution in [2.24, 2.45) is 0 Å². The summed E-state index contributed by atoms with van der Waals surface area (Å²) in [5.41, 5.74) is 6.76. The van der Waals surface area contributed by atoms with Crippen LogP contribution in [0, 0.1) is 0 Å². The van der Waals surface area contributed by atoms with Crippen molar-refractivity contribution in [2.45, 2.75) is 6.42 Å². The second-order valence-corrected chi connectivity index (χ2v) is 6.08. The molecule has 6 nitrogen and oxygen atoms in total. The number of aromatic nitrogens is 2. The highest BCUT2D eigenvalue weighted by molar-refractivity contribution is 5.87. The van der Waals surface area contributed by atoms with Crippen LogP contribution < -0.4 is 21.3 Å². The van der Waals surface area contributed by atoms with E-state index in [1.54, 1.807) is 0 Å². The molecule has 0 radical (unpaired) electrons. The van der Waals surface area contributed by atoms with Crippen molar-refractivity contribution in [3.05, 3.63) is 22.5 Å². The molecule has 3 heterocycles. The highest BCUT2D eigenvalue weighted by atomic mass is 19.1. The number of likely N-dealkylation sites (N-methyl/N-ethyl adjacent to an activating group) is 1. The number of furan rings is 1. The summed E-state index contributed by atoms with van der Waals surface area (Å²) < 4.78 is 33.7. The molecular formula is C16H17F2N5O. The van der Waals surface area contributed by atoms with Crippen molar-refractivity contribution < 1.29 is 13.2 Å². The largest absolute Gasteiger partial charge is 0.450 e. The number of nitrogen functional groups attached to an aromatic ring is 1. The molecule has 126 valence electrons. The predicted octanol–water partition coefficient (Wildman–Crippen LogP) is 0.672. The average Bonchev–Trinajstić information content (AvgIpc) is 2.84. The maximum absolute atomic E-state index is 14.4. The summed E-state index contributed by atoms with van der Waals surface area (Å²) >= 11 is 0. The molecule has 2 aromatic heterocycles. The zero-order valence-corrected chi connectivity index (χ0v) is 13.2. The molecule has 0 bridgehead atoms. The first kappa shape index (κ1) is 15.1. The van der Waals surface area contributed by atoms with Crippen LogP contribution in [0.4, 0.5) is 20.5 Å². The fourth-order valence-corrected chi connectivity index (χ4v) is 3.07. The fraction of sp³-hybridized carbons (Fsp3) is 0.375. The summed E-state index contributed by atoms with van der Waals surface area (Å²) in [5.74, 6) is -0.572. The summed E-state index contributed by atoms with van der Waals surface area (Å²) in [4.78, 5) is 12.7. The second-order valence-electron chi connectivity index (χ2n) is 6.08. The van der Waals surface area contributed by atoms with Crippen molar-refractivity contribution in [1.29, 1.82) is 0 Å². The lowest BCUT2D eigenvalue weighted by molar-refractivity contribution is 0.312. The molecular weight excluding hydrogens is 316 g/mol. The van der Waals surface area contributed by atoms with E-state index in [1.165, 1.54) is 12.2 Å². The maximum atomic E-state index is 14.4. The van der Waals surface area contributed by atoms with Gasteiger partial charge in [0.05, 0.1) is 11.6 Å². The van der Waals surface area contributed by atoms with Gasteiger partial charge in [0.1, 0.15) is 22.6 Å². The van der Waals surface area contributed by atoms with Gasteiger partial charge in [0.25, 0.3) is 0 Å². The van der Waals surface area contributed by atoms with Crippen molar-refractivity contribution >= 4 is 34.8 Å². The Kier molecular flexibility index (Phi) is 3.49. The summed E-state index contributed by atoms with van der Waals surface area (Å²) in [6.45, 7) is 3.29. The molecule has 0 spiro atoms. The number of nitrogens with zero attached hydrogens (tertiary/aromatic N) is 4. The molecule has 0 atom stereocenters. The monoisotopic (exact) mass is 333 g/mol. The molecule has 4 rings (SSSR count). The van der Waals surface area contributed by atoms with E-state index >= 15 is 0 Å². The van der Waals surface area contributed by atoms with Gasteiger partial charge in [-0.25, -0.2) is 13.8 Å². The van der Waals surface area contributed by atoms with Crippen LogP contribution in [0.3, 0.4) is 0 Å². The van der Waals surface area contributed by atoms with E-state index in [0.29, 0.717) is 16.9 Å². The first-order valence-electron chi connectivity index (χ1n) is 7.77. The predicted molar refractivity (Wildman–Crippen MR) is 88.0 cm³/mol. The Balaban J connectivity index is 1.96. The second kappa shape index (κ2) is 5.55. The number of piperazine rings is 1. The Morgan fingerprint density at radius 1 is 1.12 bits per heavy atom. The van der Waals surface area contributed by atoms with E-state index in [2.05, 4.69) is 26.8 Å². The zero-order valence-electron chi connectivity index (χ0n) is 13.2. The Hall–Kier alpha value is -2.48. The summed E-state index contributed by atoms with van der Waals surface area (Å²) in [6, 6.07) is 0. The molecule has 2 aromatic rings. The van der Waals surface area contributed by atoms with E-state index in [9.17, 15) is 8.78 Å². The minimum Gasteiger partial charge on any atom is -0.450 e. The van der Waals surface area contributed by atoms with Crippen molar-refractivity contribution in [1.82, 2.24) is 14.9 Å². The zero-order chi connectivity index (χ0) is 16.8. The molecule has 1 aliphatic carbocycles. The van der Waals surface area contributed by atoms with Crippen LogP contribution >= 0.6 is 0 Å². The van der Waals surface area contributed by atoms with Gasteiger partial charge in [-0.3, -0.25) is 0 Å². The number of allylic oxidation sites excluding steroid dienone is 2. The first-order chi connectivity index (χ1) is 11.5. The quantitative estimate of drug-likeness (QED) is 0.827. The van der Waals surface area contributed by atoms with E-state index in [1.807, 2.05) is 0 Å². The van der Waals surface area contributed by atoms with Gasteiger partial charge in [-0.15, -0.1) is 0 Å². The Morgan fingerprint density at radius 2 is 1.88 bits per heavy atom. The summed E-state index contributed by atoms with van der Waals surface area (Å²) in [5, 5.41) is 0.165. The third-order valence-electron chi connectivity index (χ3n) is 4.37. The van der Waals surface area contributed by atoms with Gasteiger partial charge in [-0.1, -0.05) is 0 Å². The maximum Gasteiger partial charge on any atom is 0.222 e. The van der Waals surface area contributed by atoms with E-state index in [0.717, 1.165) is 26.2 Å². The number of hydrogen-bond acceptors (Lipinski definition) is 6. The van der Waals surface area contributed by atoms with Crippen molar-refractivity contribution in [3.63, 3.8) is 0 Å². The Bertz CT molecular complexity index is 957. The van der Waals surface area contributed by atoms with Gasteiger partial charge in [0, 0.05) is 26.2 Å². The van der Waals surface area contributed by atoms with Crippen LogP contribution in [0.25, 0.3) is 23.0 Å².